The Bertz CT molecular complexity index is 502. The van der Waals surface area contributed by atoms with Crippen LogP contribution in [0.4, 0.5) is 0 Å². The van der Waals surface area contributed by atoms with Crippen LogP contribution < -0.4 is 9.47 Å². The van der Waals surface area contributed by atoms with Crippen molar-refractivity contribution in [2.75, 3.05) is 19.9 Å². The van der Waals surface area contributed by atoms with E-state index in [1.165, 1.54) is 0 Å². The second-order valence-corrected chi connectivity index (χ2v) is 4.88. The van der Waals surface area contributed by atoms with Gasteiger partial charge in [-0.05, 0) is 32.0 Å². The molecule has 102 valence electrons. The highest BCUT2D eigenvalue weighted by Gasteiger charge is 2.30. The van der Waals surface area contributed by atoms with Gasteiger partial charge in [0.25, 0.3) is 5.91 Å². The minimum absolute atomic E-state index is 0.0148. The third kappa shape index (κ3) is 2.14. The Balaban J connectivity index is 1.83. The number of hydrogen-bond donors (Lipinski definition) is 0. The Morgan fingerprint density at radius 3 is 2.89 bits per heavy atom. The first kappa shape index (κ1) is 12.3. The standard InChI is InChI=1S/C14H17NO4/c1-9-10(2)17-6-5-15(9)14(16)11-3-4-12-13(7-11)19-8-18-12/h3-4,7,9-10H,5-6,8H2,1-2H3. The lowest BCUT2D eigenvalue weighted by atomic mass is 10.1. The molecular weight excluding hydrogens is 246 g/mol. The number of morpholine rings is 1. The van der Waals surface area contributed by atoms with Crippen molar-refractivity contribution in [1.29, 1.82) is 0 Å². The molecule has 1 aromatic rings. The molecule has 0 N–H and O–H groups in total. The molecule has 0 radical (unpaired) electrons. The summed E-state index contributed by atoms with van der Waals surface area (Å²) in [5.74, 6) is 1.35. The summed E-state index contributed by atoms with van der Waals surface area (Å²) in [6.45, 7) is 5.43. The SMILES string of the molecule is CC1OCCN(C(=O)c2ccc3c(c2)OCO3)C1C. The third-order valence-electron chi connectivity index (χ3n) is 3.76. The summed E-state index contributed by atoms with van der Waals surface area (Å²) in [5, 5.41) is 0. The van der Waals surface area contributed by atoms with Gasteiger partial charge in [-0.1, -0.05) is 0 Å². The summed E-state index contributed by atoms with van der Waals surface area (Å²) >= 11 is 0. The predicted octanol–water partition coefficient (Wildman–Crippen LogP) is 1.66. The van der Waals surface area contributed by atoms with Gasteiger partial charge in [-0.25, -0.2) is 0 Å². The molecule has 19 heavy (non-hydrogen) atoms. The zero-order valence-corrected chi connectivity index (χ0v) is 11.1. The van der Waals surface area contributed by atoms with Crippen LogP contribution in [0.3, 0.4) is 0 Å². The van der Waals surface area contributed by atoms with Crippen molar-refractivity contribution in [3.63, 3.8) is 0 Å². The first-order chi connectivity index (χ1) is 9.16. The van der Waals surface area contributed by atoms with Crippen LogP contribution in [0.15, 0.2) is 18.2 Å². The lowest BCUT2D eigenvalue weighted by molar-refractivity contribution is -0.0440. The predicted molar refractivity (Wildman–Crippen MR) is 68.5 cm³/mol. The third-order valence-corrected chi connectivity index (χ3v) is 3.76. The van der Waals surface area contributed by atoms with Gasteiger partial charge in [0.1, 0.15) is 0 Å². The molecule has 1 aromatic carbocycles. The molecule has 1 amide bonds. The zero-order chi connectivity index (χ0) is 13.4. The van der Waals surface area contributed by atoms with E-state index in [4.69, 9.17) is 14.2 Å². The Kier molecular flexibility index (Phi) is 3.06. The van der Waals surface area contributed by atoms with Gasteiger partial charge in [0.2, 0.25) is 6.79 Å². The Morgan fingerprint density at radius 2 is 2.05 bits per heavy atom. The van der Waals surface area contributed by atoms with Crippen molar-refractivity contribution in [2.24, 2.45) is 0 Å². The van der Waals surface area contributed by atoms with Crippen LogP contribution in [-0.4, -0.2) is 42.9 Å². The monoisotopic (exact) mass is 263 g/mol. The molecule has 3 rings (SSSR count). The van der Waals surface area contributed by atoms with E-state index in [2.05, 4.69) is 0 Å². The second kappa shape index (κ2) is 4.74. The largest absolute Gasteiger partial charge is 0.454 e. The molecule has 1 fully saturated rings. The van der Waals surface area contributed by atoms with E-state index in [0.29, 0.717) is 30.2 Å². The van der Waals surface area contributed by atoms with E-state index in [1.807, 2.05) is 18.7 Å². The average Bonchev–Trinajstić information content (AvgIpc) is 2.88. The normalized spacial score (nSPS) is 25.5. The number of amides is 1. The van der Waals surface area contributed by atoms with Gasteiger partial charge in [0.15, 0.2) is 11.5 Å². The lowest BCUT2D eigenvalue weighted by Crippen LogP contribution is -2.51. The van der Waals surface area contributed by atoms with Crippen molar-refractivity contribution < 1.29 is 19.0 Å². The van der Waals surface area contributed by atoms with Crippen molar-refractivity contribution in [1.82, 2.24) is 4.90 Å². The van der Waals surface area contributed by atoms with Crippen LogP contribution in [0.1, 0.15) is 24.2 Å². The minimum atomic E-state index is 0.0148. The molecule has 0 bridgehead atoms. The maximum absolute atomic E-state index is 12.5. The maximum Gasteiger partial charge on any atom is 0.254 e. The van der Waals surface area contributed by atoms with E-state index in [-0.39, 0.29) is 24.8 Å². The summed E-state index contributed by atoms with van der Waals surface area (Å²) in [6, 6.07) is 5.39. The Hall–Kier alpha value is -1.75. The number of rotatable bonds is 1. The minimum Gasteiger partial charge on any atom is -0.454 e. The molecule has 0 aliphatic carbocycles. The number of nitrogens with zero attached hydrogens (tertiary/aromatic N) is 1. The second-order valence-electron chi connectivity index (χ2n) is 4.88. The van der Waals surface area contributed by atoms with Crippen LogP contribution >= 0.6 is 0 Å². The number of ether oxygens (including phenoxy) is 3. The molecule has 5 heteroatoms. The van der Waals surface area contributed by atoms with Crippen molar-refractivity contribution in [3.8, 4) is 11.5 Å². The lowest BCUT2D eigenvalue weighted by Gasteiger charge is -2.37. The molecule has 2 aliphatic rings. The summed E-state index contributed by atoms with van der Waals surface area (Å²) in [5.41, 5.74) is 0.630. The molecule has 5 nitrogen and oxygen atoms in total. The molecule has 2 aliphatic heterocycles. The Morgan fingerprint density at radius 1 is 1.26 bits per heavy atom. The van der Waals surface area contributed by atoms with E-state index in [0.717, 1.165) is 0 Å². The van der Waals surface area contributed by atoms with E-state index in [9.17, 15) is 4.79 Å². The molecule has 2 atom stereocenters. The molecular formula is C14H17NO4. The fourth-order valence-electron chi connectivity index (χ4n) is 2.42. The summed E-state index contributed by atoms with van der Waals surface area (Å²) in [4.78, 5) is 14.4. The van der Waals surface area contributed by atoms with Gasteiger partial charge in [0, 0.05) is 12.1 Å². The van der Waals surface area contributed by atoms with Gasteiger partial charge in [0.05, 0.1) is 18.8 Å². The Labute approximate surface area is 112 Å². The average molecular weight is 263 g/mol. The highest BCUT2D eigenvalue weighted by atomic mass is 16.7. The molecule has 2 unspecified atom stereocenters. The molecule has 0 saturated carbocycles. The van der Waals surface area contributed by atoms with Gasteiger partial charge in [-0.15, -0.1) is 0 Å². The van der Waals surface area contributed by atoms with E-state index >= 15 is 0 Å². The fourth-order valence-corrected chi connectivity index (χ4v) is 2.42. The number of carbonyl (C=O) groups excluding carboxylic acids is 1. The molecule has 0 aromatic heterocycles. The highest BCUT2D eigenvalue weighted by Crippen LogP contribution is 2.33. The summed E-state index contributed by atoms with van der Waals surface area (Å²) < 4.78 is 16.1. The topological polar surface area (TPSA) is 48.0 Å². The van der Waals surface area contributed by atoms with Crippen molar-refractivity contribution in [3.05, 3.63) is 23.8 Å². The number of benzene rings is 1. The molecule has 1 saturated heterocycles. The molecule has 0 spiro atoms. The highest BCUT2D eigenvalue weighted by molar-refractivity contribution is 5.95. The van der Waals surface area contributed by atoms with Gasteiger partial charge in [-0.2, -0.15) is 0 Å². The number of fused-ring (bicyclic) bond motifs is 1. The van der Waals surface area contributed by atoms with Gasteiger partial charge < -0.3 is 19.1 Å². The quantitative estimate of drug-likeness (QED) is 0.773. The van der Waals surface area contributed by atoms with Crippen molar-refractivity contribution in [2.45, 2.75) is 26.0 Å². The first-order valence-corrected chi connectivity index (χ1v) is 6.49. The van der Waals surface area contributed by atoms with Crippen molar-refractivity contribution >= 4 is 5.91 Å². The van der Waals surface area contributed by atoms with Crippen LogP contribution in [0.2, 0.25) is 0 Å². The van der Waals surface area contributed by atoms with E-state index in [1.54, 1.807) is 18.2 Å². The summed E-state index contributed by atoms with van der Waals surface area (Å²) in [6.07, 6.45) is 0.0618. The van der Waals surface area contributed by atoms with Crippen LogP contribution in [0, 0.1) is 0 Å². The molecule has 2 heterocycles. The van der Waals surface area contributed by atoms with Crippen LogP contribution in [-0.2, 0) is 4.74 Å². The van der Waals surface area contributed by atoms with E-state index < -0.39 is 0 Å². The number of hydrogen-bond acceptors (Lipinski definition) is 4. The van der Waals surface area contributed by atoms with Gasteiger partial charge in [-0.3, -0.25) is 4.79 Å². The van der Waals surface area contributed by atoms with Crippen LogP contribution in [0.5, 0.6) is 11.5 Å². The number of carbonyl (C=O) groups is 1. The summed E-state index contributed by atoms with van der Waals surface area (Å²) in [7, 11) is 0. The maximum atomic E-state index is 12.5. The smallest absolute Gasteiger partial charge is 0.254 e. The van der Waals surface area contributed by atoms with Crippen LogP contribution in [0.25, 0.3) is 0 Å². The first-order valence-electron chi connectivity index (χ1n) is 6.49. The van der Waals surface area contributed by atoms with Gasteiger partial charge >= 0.3 is 0 Å². The zero-order valence-electron chi connectivity index (χ0n) is 11.1. The fraction of sp³-hybridized carbons (Fsp3) is 0.500.